The summed E-state index contributed by atoms with van der Waals surface area (Å²) in [5.41, 5.74) is 1.03. The van der Waals surface area contributed by atoms with E-state index in [0.29, 0.717) is 6.54 Å². The van der Waals surface area contributed by atoms with Crippen molar-refractivity contribution < 1.29 is 9.90 Å². The van der Waals surface area contributed by atoms with Crippen LogP contribution in [-0.2, 0) is 11.3 Å². The van der Waals surface area contributed by atoms with Crippen molar-refractivity contribution in [2.24, 2.45) is 0 Å². The lowest BCUT2D eigenvalue weighted by Gasteiger charge is -2.05. The van der Waals surface area contributed by atoms with Crippen LogP contribution in [-0.4, -0.2) is 17.6 Å². The standard InChI is InChI=1S/C10H12BrNO2/c11-9-4-2-1-3-8(9)7-12-10(14)5-6-13/h1-4,13H,5-7H2,(H,12,14). The lowest BCUT2D eigenvalue weighted by Crippen LogP contribution is -2.23. The highest BCUT2D eigenvalue weighted by molar-refractivity contribution is 9.10. The molecule has 1 rings (SSSR count). The Balaban J connectivity index is 2.46. The molecule has 0 saturated heterocycles. The second-order valence-corrected chi connectivity index (χ2v) is 3.70. The molecule has 1 aromatic carbocycles. The molecule has 0 fully saturated rings. The van der Waals surface area contributed by atoms with Crippen molar-refractivity contribution in [3.63, 3.8) is 0 Å². The van der Waals surface area contributed by atoms with Crippen molar-refractivity contribution in [2.75, 3.05) is 6.61 Å². The molecule has 3 nitrogen and oxygen atoms in total. The van der Waals surface area contributed by atoms with E-state index >= 15 is 0 Å². The quantitative estimate of drug-likeness (QED) is 0.858. The maximum atomic E-state index is 11.0. The zero-order valence-electron chi connectivity index (χ0n) is 7.66. The van der Waals surface area contributed by atoms with E-state index in [4.69, 9.17) is 5.11 Å². The number of rotatable bonds is 4. The number of aliphatic hydroxyl groups excluding tert-OH is 1. The maximum absolute atomic E-state index is 11.0. The number of aliphatic hydroxyl groups is 1. The van der Waals surface area contributed by atoms with Crippen LogP contribution in [0.4, 0.5) is 0 Å². The first-order valence-electron chi connectivity index (χ1n) is 4.35. The van der Waals surface area contributed by atoms with E-state index < -0.39 is 0 Å². The Morgan fingerprint density at radius 1 is 1.43 bits per heavy atom. The Hall–Kier alpha value is -0.870. The second kappa shape index (κ2) is 5.78. The molecule has 14 heavy (non-hydrogen) atoms. The van der Waals surface area contributed by atoms with Crippen molar-refractivity contribution in [1.29, 1.82) is 0 Å². The number of carbonyl (C=O) groups is 1. The lowest BCUT2D eigenvalue weighted by molar-refractivity contribution is -0.121. The van der Waals surface area contributed by atoms with Crippen molar-refractivity contribution >= 4 is 21.8 Å². The van der Waals surface area contributed by atoms with Crippen LogP contribution >= 0.6 is 15.9 Å². The molecule has 0 saturated carbocycles. The molecule has 0 heterocycles. The van der Waals surface area contributed by atoms with Crippen molar-refractivity contribution in [2.45, 2.75) is 13.0 Å². The predicted octanol–water partition coefficient (Wildman–Crippen LogP) is 1.45. The van der Waals surface area contributed by atoms with Gasteiger partial charge in [0, 0.05) is 17.4 Å². The van der Waals surface area contributed by atoms with E-state index in [0.717, 1.165) is 10.0 Å². The summed E-state index contributed by atoms with van der Waals surface area (Å²) in [4.78, 5) is 11.0. The summed E-state index contributed by atoms with van der Waals surface area (Å²) >= 11 is 3.38. The van der Waals surface area contributed by atoms with E-state index in [-0.39, 0.29) is 18.9 Å². The molecule has 2 N–H and O–H groups in total. The molecular formula is C10H12BrNO2. The van der Waals surface area contributed by atoms with E-state index in [1.54, 1.807) is 0 Å². The SMILES string of the molecule is O=C(CCO)NCc1ccccc1Br. The molecule has 4 heteroatoms. The van der Waals surface area contributed by atoms with Crippen molar-refractivity contribution in [3.05, 3.63) is 34.3 Å². The van der Waals surface area contributed by atoms with E-state index in [1.165, 1.54) is 0 Å². The van der Waals surface area contributed by atoms with Crippen LogP contribution in [0.15, 0.2) is 28.7 Å². The highest BCUT2D eigenvalue weighted by atomic mass is 79.9. The van der Waals surface area contributed by atoms with Crippen LogP contribution in [0.3, 0.4) is 0 Å². The summed E-state index contributed by atoms with van der Waals surface area (Å²) in [5, 5.41) is 11.2. The summed E-state index contributed by atoms with van der Waals surface area (Å²) in [6.07, 6.45) is 0.157. The number of amides is 1. The van der Waals surface area contributed by atoms with Crippen molar-refractivity contribution in [3.8, 4) is 0 Å². The molecule has 0 radical (unpaired) electrons. The summed E-state index contributed by atoms with van der Waals surface area (Å²) < 4.78 is 0.976. The zero-order chi connectivity index (χ0) is 10.4. The highest BCUT2D eigenvalue weighted by Gasteiger charge is 2.01. The predicted molar refractivity (Wildman–Crippen MR) is 57.7 cm³/mol. The van der Waals surface area contributed by atoms with Gasteiger partial charge in [-0.1, -0.05) is 34.1 Å². The Bertz CT molecular complexity index is 315. The topological polar surface area (TPSA) is 49.3 Å². The number of halogens is 1. The molecule has 0 aromatic heterocycles. The Labute approximate surface area is 91.3 Å². The van der Waals surface area contributed by atoms with Crippen LogP contribution in [0.25, 0.3) is 0 Å². The zero-order valence-corrected chi connectivity index (χ0v) is 9.25. The first kappa shape index (κ1) is 11.2. The summed E-state index contributed by atoms with van der Waals surface area (Å²) in [5.74, 6) is -0.136. The molecule has 0 unspecified atom stereocenters. The van der Waals surface area contributed by atoms with Gasteiger partial charge in [0.2, 0.25) is 5.91 Å². The molecule has 76 valence electrons. The largest absolute Gasteiger partial charge is 0.396 e. The number of nitrogens with one attached hydrogen (secondary N) is 1. The average Bonchev–Trinajstić information content (AvgIpc) is 2.17. The van der Waals surface area contributed by atoms with Gasteiger partial charge in [0.05, 0.1) is 6.61 Å². The molecule has 0 spiro atoms. The minimum atomic E-state index is -0.136. The fourth-order valence-corrected chi connectivity index (χ4v) is 1.45. The smallest absolute Gasteiger partial charge is 0.222 e. The fraction of sp³-hybridized carbons (Fsp3) is 0.300. The van der Waals surface area contributed by atoms with Gasteiger partial charge >= 0.3 is 0 Å². The van der Waals surface area contributed by atoms with Gasteiger partial charge in [-0.25, -0.2) is 0 Å². The summed E-state index contributed by atoms with van der Waals surface area (Å²) in [7, 11) is 0. The second-order valence-electron chi connectivity index (χ2n) is 2.84. The van der Waals surface area contributed by atoms with Crippen LogP contribution < -0.4 is 5.32 Å². The fourth-order valence-electron chi connectivity index (χ4n) is 1.03. The molecular weight excluding hydrogens is 246 g/mol. The monoisotopic (exact) mass is 257 g/mol. The van der Waals surface area contributed by atoms with E-state index in [1.807, 2.05) is 24.3 Å². The molecule has 0 bridgehead atoms. The van der Waals surface area contributed by atoms with Gasteiger partial charge in [-0.15, -0.1) is 0 Å². The van der Waals surface area contributed by atoms with Crippen LogP contribution in [0.2, 0.25) is 0 Å². The Morgan fingerprint density at radius 3 is 2.79 bits per heavy atom. The number of hydrogen-bond donors (Lipinski definition) is 2. The molecule has 1 aromatic rings. The molecule has 0 aliphatic heterocycles. The van der Waals surface area contributed by atoms with Gasteiger partial charge in [0.25, 0.3) is 0 Å². The van der Waals surface area contributed by atoms with Gasteiger partial charge in [0.1, 0.15) is 0 Å². The Morgan fingerprint density at radius 2 is 2.14 bits per heavy atom. The third-order valence-corrected chi connectivity index (χ3v) is 2.55. The minimum absolute atomic E-state index is 0.109. The molecule has 0 aliphatic carbocycles. The maximum Gasteiger partial charge on any atom is 0.222 e. The van der Waals surface area contributed by atoms with Crippen molar-refractivity contribution in [1.82, 2.24) is 5.32 Å². The summed E-state index contributed by atoms with van der Waals surface area (Å²) in [6.45, 7) is 0.377. The van der Waals surface area contributed by atoms with Gasteiger partial charge in [-0.05, 0) is 11.6 Å². The summed E-state index contributed by atoms with van der Waals surface area (Å²) in [6, 6.07) is 7.69. The first-order valence-corrected chi connectivity index (χ1v) is 5.14. The van der Waals surface area contributed by atoms with Crippen LogP contribution in [0, 0.1) is 0 Å². The molecule has 0 aliphatic rings. The van der Waals surface area contributed by atoms with Crippen LogP contribution in [0.1, 0.15) is 12.0 Å². The average molecular weight is 258 g/mol. The highest BCUT2D eigenvalue weighted by Crippen LogP contribution is 2.15. The first-order chi connectivity index (χ1) is 6.74. The van der Waals surface area contributed by atoms with Gasteiger partial charge in [0.15, 0.2) is 0 Å². The molecule has 0 atom stereocenters. The van der Waals surface area contributed by atoms with Crippen LogP contribution in [0.5, 0.6) is 0 Å². The third-order valence-electron chi connectivity index (χ3n) is 1.77. The molecule has 1 amide bonds. The van der Waals surface area contributed by atoms with E-state index in [9.17, 15) is 4.79 Å². The third kappa shape index (κ3) is 3.47. The van der Waals surface area contributed by atoms with E-state index in [2.05, 4.69) is 21.2 Å². The van der Waals surface area contributed by atoms with Gasteiger partial charge in [-0.2, -0.15) is 0 Å². The number of hydrogen-bond acceptors (Lipinski definition) is 2. The lowest BCUT2D eigenvalue weighted by atomic mass is 10.2. The number of benzene rings is 1. The van der Waals surface area contributed by atoms with Gasteiger partial charge < -0.3 is 10.4 Å². The minimum Gasteiger partial charge on any atom is -0.396 e. The van der Waals surface area contributed by atoms with Gasteiger partial charge in [-0.3, -0.25) is 4.79 Å². The Kier molecular flexibility index (Phi) is 4.62. The number of carbonyl (C=O) groups excluding carboxylic acids is 1. The normalized spacial score (nSPS) is 9.86.